The van der Waals surface area contributed by atoms with E-state index >= 15 is 0 Å². The summed E-state index contributed by atoms with van der Waals surface area (Å²) in [6.45, 7) is 1.50. The zero-order valence-electron chi connectivity index (χ0n) is 6.64. The van der Waals surface area contributed by atoms with Crippen molar-refractivity contribution in [3.63, 3.8) is 0 Å². The van der Waals surface area contributed by atoms with Gasteiger partial charge in [-0.3, -0.25) is 0 Å². The molecule has 1 heterocycles. The Morgan fingerprint density at radius 1 is 1.58 bits per heavy atom. The molecule has 1 fully saturated rings. The number of aliphatic hydroxyl groups excluding tert-OH is 2. The van der Waals surface area contributed by atoms with Crippen molar-refractivity contribution in [2.75, 3.05) is 0 Å². The summed E-state index contributed by atoms with van der Waals surface area (Å²) >= 11 is 0. The number of rotatable bonds is 1. The largest absolute Gasteiger partial charge is 0.547 e. The predicted molar refractivity (Wildman–Crippen MR) is 36.0 cm³/mol. The van der Waals surface area contributed by atoms with Gasteiger partial charge in [-0.25, -0.2) is 0 Å². The molecule has 0 aromatic rings. The topological polar surface area (TPSA) is 89.8 Å². The summed E-state index contributed by atoms with van der Waals surface area (Å²) in [6.07, 6.45) is -3.96. The summed E-state index contributed by atoms with van der Waals surface area (Å²) in [4.78, 5) is 10.3. The molecule has 0 spiro atoms. The van der Waals surface area contributed by atoms with Crippen LogP contribution in [0, 0.1) is 0 Å². The van der Waals surface area contributed by atoms with Gasteiger partial charge in [-0.2, -0.15) is 0 Å². The van der Waals surface area contributed by atoms with Gasteiger partial charge in [-0.1, -0.05) is 0 Å². The second kappa shape index (κ2) is 3.38. The van der Waals surface area contributed by atoms with Crippen LogP contribution >= 0.6 is 0 Å². The fourth-order valence-electron chi connectivity index (χ4n) is 1.22. The number of hydrogen-bond acceptors (Lipinski definition) is 5. The first-order valence-electron chi connectivity index (χ1n) is 3.75. The molecule has 0 aromatic heterocycles. The Morgan fingerprint density at radius 3 is 2.58 bits per heavy atom. The summed E-state index contributed by atoms with van der Waals surface area (Å²) in [5.74, 6) is -1.35. The number of carbonyl (C=O) groups is 1. The van der Waals surface area contributed by atoms with Crippen molar-refractivity contribution in [1.29, 1.82) is 0 Å². The number of aliphatic hydroxyl groups is 2. The number of hydrogen-bond donors (Lipinski definition) is 2. The van der Waals surface area contributed by atoms with Gasteiger partial charge in [-0.05, 0) is 6.92 Å². The van der Waals surface area contributed by atoms with E-state index in [1.807, 2.05) is 0 Å². The third kappa shape index (κ3) is 1.74. The summed E-state index contributed by atoms with van der Waals surface area (Å²) in [6, 6.07) is 0. The Kier molecular flexibility index (Phi) is 2.66. The number of aliphatic carboxylic acids is 1. The van der Waals surface area contributed by atoms with E-state index in [0.29, 0.717) is 0 Å². The third-order valence-corrected chi connectivity index (χ3v) is 1.97. The first-order chi connectivity index (χ1) is 5.52. The van der Waals surface area contributed by atoms with Crippen molar-refractivity contribution in [2.45, 2.75) is 37.8 Å². The highest BCUT2D eigenvalue weighted by molar-refractivity contribution is 5.70. The van der Waals surface area contributed by atoms with Crippen molar-refractivity contribution < 1.29 is 24.9 Å². The van der Waals surface area contributed by atoms with E-state index < -0.39 is 30.4 Å². The summed E-state index contributed by atoms with van der Waals surface area (Å²) in [5, 5.41) is 28.6. The van der Waals surface area contributed by atoms with Crippen LogP contribution in [0.2, 0.25) is 0 Å². The Balaban J connectivity index is 2.59. The van der Waals surface area contributed by atoms with E-state index in [-0.39, 0.29) is 6.42 Å². The van der Waals surface area contributed by atoms with Crippen molar-refractivity contribution in [3.05, 3.63) is 0 Å². The zero-order chi connectivity index (χ0) is 9.30. The molecule has 5 heteroatoms. The highest BCUT2D eigenvalue weighted by Crippen LogP contribution is 2.19. The lowest BCUT2D eigenvalue weighted by atomic mass is 9.99. The second-order valence-corrected chi connectivity index (χ2v) is 2.94. The van der Waals surface area contributed by atoms with E-state index in [2.05, 4.69) is 0 Å². The maximum atomic E-state index is 10.3. The van der Waals surface area contributed by atoms with Crippen LogP contribution in [0.25, 0.3) is 0 Å². The monoisotopic (exact) mass is 175 g/mol. The van der Waals surface area contributed by atoms with Gasteiger partial charge in [0, 0.05) is 6.42 Å². The van der Waals surface area contributed by atoms with Crippen molar-refractivity contribution in [2.24, 2.45) is 0 Å². The van der Waals surface area contributed by atoms with E-state index in [4.69, 9.17) is 14.9 Å². The minimum Gasteiger partial charge on any atom is -0.547 e. The molecular weight excluding hydrogens is 164 g/mol. The average Bonchev–Trinajstić information content (AvgIpc) is 1.99. The Bertz CT molecular complexity index is 169. The van der Waals surface area contributed by atoms with Gasteiger partial charge in [0.25, 0.3) is 0 Å². The van der Waals surface area contributed by atoms with E-state index in [1.165, 1.54) is 6.92 Å². The van der Waals surface area contributed by atoms with Crippen LogP contribution in [0.1, 0.15) is 13.3 Å². The minimum absolute atomic E-state index is 0.117. The van der Waals surface area contributed by atoms with Gasteiger partial charge in [0.1, 0.15) is 6.10 Å². The zero-order valence-corrected chi connectivity index (χ0v) is 6.64. The molecule has 0 radical (unpaired) electrons. The van der Waals surface area contributed by atoms with E-state index in [0.717, 1.165) is 0 Å². The molecule has 1 aliphatic rings. The molecule has 12 heavy (non-hydrogen) atoms. The van der Waals surface area contributed by atoms with Gasteiger partial charge in [0.15, 0.2) is 0 Å². The van der Waals surface area contributed by atoms with E-state index in [1.54, 1.807) is 0 Å². The fourth-order valence-corrected chi connectivity index (χ4v) is 1.22. The Hall–Kier alpha value is -0.650. The van der Waals surface area contributed by atoms with Gasteiger partial charge < -0.3 is 24.9 Å². The van der Waals surface area contributed by atoms with Crippen LogP contribution in [-0.4, -0.2) is 40.6 Å². The lowest BCUT2D eigenvalue weighted by Crippen LogP contribution is -2.52. The highest BCUT2D eigenvalue weighted by atomic mass is 16.5. The quantitative estimate of drug-likeness (QED) is 0.465. The summed E-state index contributed by atoms with van der Waals surface area (Å²) in [7, 11) is 0. The number of ether oxygens (including phenoxy) is 1. The SMILES string of the molecule is C[C@@H]1OC(C(=O)[O-])C[C@@H](O)C1O. The first-order valence-corrected chi connectivity index (χ1v) is 3.75. The molecule has 1 aliphatic heterocycles. The van der Waals surface area contributed by atoms with E-state index in [9.17, 15) is 9.90 Å². The molecule has 4 atom stereocenters. The molecule has 0 saturated carbocycles. The van der Waals surface area contributed by atoms with Gasteiger partial charge in [0.2, 0.25) is 0 Å². The Morgan fingerprint density at radius 2 is 2.17 bits per heavy atom. The van der Waals surface area contributed by atoms with Gasteiger partial charge >= 0.3 is 0 Å². The molecule has 70 valence electrons. The first kappa shape index (κ1) is 9.44. The van der Waals surface area contributed by atoms with Crippen molar-refractivity contribution in [3.8, 4) is 0 Å². The lowest BCUT2D eigenvalue weighted by molar-refractivity contribution is -0.324. The Labute approximate surface area is 69.6 Å². The van der Waals surface area contributed by atoms with Crippen molar-refractivity contribution in [1.82, 2.24) is 0 Å². The minimum atomic E-state index is -1.35. The molecule has 2 N–H and O–H groups in total. The molecule has 0 bridgehead atoms. The highest BCUT2D eigenvalue weighted by Gasteiger charge is 2.34. The van der Waals surface area contributed by atoms with Crippen LogP contribution in [0.15, 0.2) is 0 Å². The summed E-state index contributed by atoms with van der Waals surface area (Å²) in [5.41, 5.74) is 0. The van der Waals surface area contributed by atoms with Crippen LogP contribution in [0.5, 0.6) is 0 Å². The fraction of sp³-hybridized carbons (Fsp3) is 0.857. The van der Waals surface area contributed by atoms with Crippen LogP contribution in [0.3, 0.4) is 0 Å². The molecule has 1 rings (SSSR count). The number of carboxylic acids is 1. The average molecular weight is 175 g/mol. The van der Waals surface area contributed by atoms with Gasteiger partial charge in [0.05, 0.1) is 24.3 Å². The second-order valence-electron chi connectivity index (χ2n) is 2.94. The molecule has 2 unspecified atom stereocenters. The van der Waals surface area contributed by atoms with Crippen LogP contribution in [-0.2, 0) is 9.53 Å². The van der Waals surface area contributed by atoms with Gasteiger partial charge in [-0.15, -0.1) is 0 Å². The third-order valence-electron chi connectivity index (χ3n) is 1.97. The molecule has 1 saturated heterocycles. The van der Waals surface area contributed by atoms with Crippen LogP contribution in [0.4, 0.5) is 0 Å². The maximum Gasteiger partial charge on any atom is 0.106 e. The maximum absolute atomic E-state index is 10.3. The normalized spacial score (nSPS) is 42.6. The smallest absolute Gasteiger partial charge is 0.106 e. The summed E-state index contributed by atoms with van der Waals surface area (Å²) < 4.78 is 4.86. The standard InChI is InChI=1S/C7H12O5/c1-3-6(9)4(8)2-5(12-3)7(10)11/h3-6,8-9H,2H2,1H3,(H,10,11)/p-1/t3-,4+,5?,6?/m0/s1. The number of carboxylic acid groups (broad SMARTS) is 1. The molecule has 0 amide bonds. The molecular formula is C7H11O5-. The predicted octanol–water partition coefficient (Wildman–Crippen LogP) is -2.36. The van der Waals surface area contributed by atoms with Crippen molar-refractivity contribution >= 4 is 5.97 Å². The molecule has 5 nitrogen and oxygen atoms in total. The lowest BCUT2D eigenvalue weighted by Gasteiger charge is -2.35. The molecule has 0 aromatic carbocycles. The van der Waals surface area contributed by atoms with Crippen LogP contribution < -0.4 is 5.11 Å². The molecule has 0 aliphatic carbocycles. The number of carbonyl (C=O) groups excluding carboxylic acids is 1.